The summed E-state index contributed by atoms with van der Waals surface area (Å²) in [5.41, 5.74) is 10.7. The first-order chi connectivity index (χ1) is 44.9. The maximum Gasteiger partial charge on any atom is 0.300 e. The quantitative estimate of drug-likeness (QED) is 0.0150. The van der Waals surface area contributed by atoms with Crippen molar-refractivity contribution in [2.45, 2.75) is 92.9 Å². The van der Waals surface area contributed by atoms with Crippen LogP contribution in [0.2, 0.25) is 0 Å². The van der Waals surface area contributed by atoms with Crippen LogP contribution in [-0.2, 0) is 25.7 Å². The number of rotatable bonds is 26. The molecule has 2 amide bonds. The Morgan fingerprint density at radius 1 is 0.554 bits per heavy atom. The van der Waals surface area contributed by atoms with Gasteiger partial charge in [-0.15, -0.1) is 0 Å². The van der Waals surface area contributed by atoms with Crippen molar-refractivity contribution in [1.29, 1.82) is 0 Å². The van der Waals surface area contributed by atoms with E-state index in [9.17, 15) is 24.5 Å². The molecule has 92 heavy (non-hydrogen) atoms. The Morgan fingerprint density at radius 3 is 1.60 bits per heavy atom. The first-order valence-electron chi connectivity index (χ1n) is 31.8. The van der Waals surface area contributed by atoms with Crippen LogP contribution in [0.25, 0.3) is 44.4 Å². The van der Waals surface area contributed by atoms with Gasteiger partial charge in [0.05, 0.1) is 43.6 Å². The molecule has 0 atom stereocenters. The minimum atomic E-state index is -0.543. The van der Waals surface area contributed by atoms with E-state index in [0.717, 1.165) is 89.0 Å². The van der Waals surface area contributed by atoms with E-state index in [0.29, 0.717) is 131 Å². The number of ether oxygens (including phenoxy) is 5. The molecule has 3 N–H and O–H groups in total. The minimum Gasteiger partial charge on any atom is -0.493 e. The molecule has 0 fully saturated rings. The van der Waals surface area contributed by atoms with Gasteiger partial charge in [-0.2, -0.15) is 0 Å². The van der Waals surface area contributed by atoms with E-state index < -0.39 is 4.92 Å². The summed E-state index contributed by atoms with van der Waals surface area (Å²) >= 11 is 0. The molecule has 8 aromatic rings. The molecule has 1 aromatic heterocycles. The number of anilines is 2. The molecular formula is C72H76N8O12. The van der Waals surface area contributed by atoms with Crippen LogP contribution in [0, 0.1) is 10.1 Å². The first kappa shape index (κ1) is 63.3. The average Bonchev–Trinajstić information content (AvgIpc) is 0.893. The molecule has 20 heteroatoms. The van der Waals surface area contributed by atoms with Crippen LogP contribution in [0.15, 0.2) is 129 Å². The number of nitro benzene ring substituents is 1. The number of amides is 2. The van der Waals surface area contributed by atoms with E-state index in [1.807, 2.05) is 78.9 Å². The van der Waals surface area contributed by atoms with Crippen LogP contribution in [0.1, 0.15) is 132 Å². The molecule has 7 aromatic carbocycles. The van der Waals surface area contributed by atoms with Gasteiger partial charge in [0.25, 0.3) is 11.8 Å². The second-order valence-electron chi connectivity index (χ2n) is 22.8. The lowest BCUT2D eigenvalue weighted by molar-refractivity contribution is -0.383. The maximum absolute atomic E-state index is 14.7. The number of fused-ring (bicyclic) bond motifs is 13. The van der Waals surface area contributed by atoms with Crippen LogP contribution in [0.5, 0.6) is 28.7 Å². The average molecular weight is 1250 g/mol. The maximum atomic E-state index is 14.7. The number of hydrogen-bond acceptors (Lipinski definition) is 17. The highest BCUT2D eigenvalue weighted by atomic mass is 16.6. The molecule has 0 spiro atoms. The van der Waals surface area contributed by atoms with Gasteiger partial charge in [0.15, 0.2) is 22.3 Å². The van der Waals surface area contributed by atoms with Gasteiger partial charge in [-0.05, 0) is 155 Å². The second kappa shape index (κ2) is 29.1. The third kappa shape index (κ3) is 13.9. The van der Waals surface area contributed by atoms with Crippen LogP contribution in [0.3, 0.4) is 0 Å². The number of nitro groups is 1. The van der Waals surface area contributed by atoms with Crippen molar-refractivity contribution in [2.24, 2.45) is 0 Å². The van der Waals surface area contributed by atoms with Gasteiger partial charge < -0.3 is 49.0 Å². The van der Waals surface area contributed by atoms with Crippen molar-refractivity contribution in [3.8, 4) is 40.2 Å². The van der Waals surface area contributed by atoms with E-state index in [4.69, 9.17) is 37.7 Å². The number of nitrogens with zero attached hydrogens (tertiary/aromatic N) is 5. The fourth-order valence-corrected chi connectivity index (χ4v) is 11.9. The third-order valence-electron chi connectivity index (χ3n) is 16.2. The zero-order valence-electron chi connectivity index (χ0n) is 52.8. The van der Waals surface area contributed by atoms with Crippen molar-refractivity contribution >= 4 is 61.8 Å². The topological polar surface area (TPSA) is 245 Å². The summed E-state index contributed by atoms with van der Waals surface area (Å²) in [4.78, 5) is 60.9. The van der Waals surface area contributed by atoms with Crippen molar-refractivity contribution in [3.05, 3.63) is 191 Å². The van der Waals surface area contributed by atoms with E-state index >= 15 is 0 Å². The van der Waals surface area contributed by atoms with Gasteiger partial charge in [-0.1, -0.05) is 64.1 Å². The molecule has 0 saturated carbocycles. The molecule has 0 unspecified atom stereocenters. The van der Waals surface area contributed by atoms with E-state index in [1.54, 1.807) is 18.2 Å². The van der Waals surface area contributed by atoms with Crippen molar-refractivity contribution < 1.29 is 47.2 Å². The van der Waals surface area contributed by atoms with Gasteiger partial charge in [0.2, 0.25) is 5.52 Å². The standard InChI is InChI=1S/C72H76N8O12/c1-7-28-87-67-44-15-13-17-46(67)35-50-39-53(72(83)75-27-32-86-55-20-21-56-57(42-55)64-63(43-61(56)81)91-62-41-54(79(11-5)12-6)19-22-58(62)76-64)40-51(70(50)90-31-10-4)36-47-18-14-16-45(68(47)88-29-8-2)34-49-38-52(37-48(33-44)69(49)89-30-9-3)71(82)74-26-25-73-59-23-24-60(80(84)85)66-65(59)77-92-78-66/h13-24,37-43,73H,7-12,25-36H2,1-6H3,(H,74,82)(H,75,83). The van der Waals surface area contributed by atoms with Crippen LogP contribution >= 0.6 is 0 Å². The number of aromatic nitrogens is 3. The Kier molecular flexibility index (Phi) is 20.1. The van der Waals surface area contributed by atoms with Crippen LogP contribution in [-0.4, -0.2) is 97.8 Å². The second-order valence-corrected chi connectivity index (χ2v) is 22.8. The summed E-state index contributed by atoms with van der Waals surface area (Å²) in [6.45, 7) is 16.6. The van der Waals surface area contributed by atoms with Crippen molar-refractivity contribution in [1.82, 2.24) is 25.9 Å². The Labute approximate surface area is 533 Å². The molecule has 2 heterocycles. The smallest absolute Gasteiger partial charge is 0.300 e. The van der Waals surface area contributed by atoms with E-state index in [1.165, 1.54) is 18.2 Å². The van der Waals surface area contributed by atoms with Crippen LogP contribution in [0.4, 0.5) is 17.1 Å². The largest absolute Gasteiger partial charge is 0.493 e. The SMILES string of the molecule is CCCOc1c2cccc1Cc1cc(C(=O)NCCOc3ccc4c(=O)cc5oc6cc(N(CC)CC)ccc6nc-5c4c3)cc(c1OCCC)Cc1cccc(c1OCCC)Cc1cc(C(=O)NCCNc3ccc([N+](=O)[O-])c4nonc34)cc(c1OCCC)C2. The van der Waals surface area contributed by atoms with Crippen molar-refractivity contribution in [3.63, 3.8) is 0 Å². The van der Waals surface area contributed by atoms with Crippen LogP contribution < -0.4 is 50.0 Å². The summed E-state index contributed by atoms with van der Waals surface area (Å²) in [6.07, 6.45) is 4.36. The summed E-state index contributed by atoms with van der Waals surface area (Å²) in [5, 5.41) is 29.8. The zero-order chi connectivity index (χ0) is 64.3. The number of carbonyl (C=O) groups is 2. The molecule has 3 aliphatic rings. The minimum absolute atomic E-state index is 0.0214. The Bertz CT molecular complexity index is 4260. The highest BCUT2D eigenvalue weighted by Crippen LogP contribution is 2.41. The summed E-state index contributed by atoms with van der Waals surface area (Å²) < 4.78 is 44.6. The van der Waals surface area contributed by atoms with Gasteiger partial charge in [0, 0.05) is 97.6 Å². The molecule has 20 nitrogen and oxygen atoms in total. The Morgan fingerprint density at radius 2 is 1.08 bits per heavy atom. The Hall–Kier alpha value is -10.2. The highest BCUT2D eigenvalue weighted by Gasteiger charge is 2.27. The predicted molar refractivity (Wildman–Crippen MR) is 355 cm³/mol. The molecule has 2 aliphatic carbocycles. The fourth-order valence-electron chi connectivity index (χ4n) is 11.9. The highest BCUT2D eigenvalue weighted by molar-refractivity contribution is 5.98. The molecule has 0 saturated heterocycles. The number of hydrogen-bond donors (Lipinski definition) is 3. The normalized spacial score (nSPS) is 12.0. The summed E-state index contributed by atoms with van der Waals surface area (Å²) in [5.74, 6) is 3.02. The zero-order valence-corrected chi connectivity index (χ0v) is 52.8. The van der Waals surface area contributed by atoms with Gasteiger partial charge in [-0.3, -0.25) is 24.5 Å². The molecular weight excluding hydrogens is 1170 g/mol. The predicted octanol–water partition coefficient (Wildman–Crippen LogP) is 13.2. The summed E-state index contributed by atoms with van der Waals surface area (Å²) in [6, 6.07) is 35.4. The molecule has 8 bridgehead atoms. The number of non-ortho nitro benzene ring substituents is 1. The molecule has 11 rings (SSSR count). The van der Waals surface area contributed by atoms with Gasteiger partial charge >= 0.3 is 5.69 Å². The monoisotopic (exact) mass is 1240 g/mol. The lowest BCUT2D eigenvalue weighted by Gasteiger charge is -2.24. The molecule has 1 aliphatic heterocycles. The number of nitrogens with one attached hydrogen (secondary N) is 3. The van der Waals surface area contributed by atoms with E-state index in [-0.39, 0.29) is 60.2 Å². The first-order valence-corrected chi connectivity index (χ1v) is 31.8. The number of carbonyl (C=O) groups excluding carboxylic acids is 2. The number of para-hydroxylation sites is 2. The van der Waals surface area contributed by atoms with Gasteiger partial charge in [-0.25, -0.2) is 9.61 Å². The van der Waals surface area contributed by atoms with E-state index in [2.05, 4.69) is 72.7 Å². The Balaban J connectivity index is 0.914. The summed E-state index contributed by atoms with van der Waals surface area (Å²) in [7, 11) is 0. The lowest BCUT2D eigenvalue weighted by atomic mass is 9.89. The van der Waals surface area contributed by atoms with Crippen molar-refractivity contribution in [2.75, 3.05) is 76.0 Å². The van der Waals surface area contributed by atoms with Gasteiger partial charge in [0.1, 0.15) is 46.6 Å². The lowest BCUT2D eigenvalue weighted by Crippen LogP contribution is -2.29. The third-order valence-corrected chi connectivity index (χ3v) is 16.2. The molecule has 0 radical (unpaired) electrons. The molecule has 476 valence electrons. The fraction of sp³-hybridized carbons (Fsp3) is 0.333. The number of benzene rings is 8.